The van der Waals surface area contributed by atoms with Gasteiger partial charge in [0.2, 0.25) is 0 Å². The van der Waals surface area contributed by atoms with Crippen LogP contribution in [0.1, 0.15) is 92.9 Å². The summed E-state index contributed by atoms with van der Waals surface area (Å²) in [5.74, 6) is 0. The van der Waals surface area contributed by atoms with Crippen LogP contribution >= 0.6 is 0 Å². The molecule has 34 heavy (non-hydrogen) atoms. The fourth-order valence-corrected chi connectivity index (χ4v) is 2.94. The first-order chi connectivity index (χ1) is 15.6. The Morgan fingerprint density at radius 3 is 0.706 bits per heavy atom. The maximum Gasteiger partial charge on any atom is 0.0786 e. The highest BCUT2D eigenvalue weighted by Gasteiger charge is 2.24. The molecule has 0 radical (unpaired) electrons. The van der Waals surface area contributed by atoms with E-state index in [0.29, 0.717) is 0 Å². The average Bonchev–Trinajstić information content (AvgIpc) is 2.87. The zero-order chi connectivity index (χ0) is 26.2. The molecule has 0 aromatic heterocycles. The molecule has 0 aromatic rings. The van der Waals surface area contributed by atoms with E-state index in [-0.39, 0.29) is 44.3 Å². The van der Waals surface area contributed by atoms with Crippen molar-refractivity contribution >= 4 is 0 Å². The van der Waals surface area contributed by atoms with Crippen LogP contribution in [0.4, 0.5) is 0 Å². The molecule has 0 heterocycles. The molecule has 8 heteroatoms. The number of aliphatic hydroxyl groups excluding tert-OH is 6. The van der Waals surface area contributed by atoms with Crippen LogP contribution in [0.3, 0.4) is 0 Å². The Balaban J connectivity index is -0.000000222. The number of halogens is 1. The second-order valence-electron chi connectivity index (χ2n) is 10.2. The Labute approximate surface area is 209 Å². The second-order valence-corrected chi connectivity index (χ2v) is 10.2. The van der Waals surface area contributed by atoms with Gasteiger partial charge in [0.25, 0.3) is 0 Å². The third-order valence-electron chi connectivity index (χ3n) is 6.23. The zero-order valence-electron chi connectivity index (χ0n) is 23.2. The first-order valence-electron chi connectivity index (χ1n) is 13.1. The van der Waals surface area contributed by atoms with Gasteiger partial charge in [0, 0.05) is 10.8 Å². The fourth-order valence-electron chi connectivity index (χ4n) is 2.94. The highest BCUT2D eigenvalue weighted by molar-refractivity contribution is 4.69. The predicted molar refractivity (Wildman–Crippen MR) is 138 cm³/mol. The Morgan fingerprint density at radius 2 is 0.618 bits per heavy atom. The van der Waals surface area contributed by atoms with Crippen LogP contribution in [0.15, 0.2) is 0 Å². The monoisotopic (exact) mass is 501 g/mol. The molecular weight excluding hydrogens is 441 g/mol. The average molecular weight is 502 g/mol. The van der Waals surface area contributed by atoms with Crippen molar-refractivity contribution in [1.29, 1.82) is 0 Å². The molecule has 0 fully saturated rings. The number of aliphatic hydroxyl groups is 6. The smallest absolute Gasteiger partial charge is 0.0786 e. The minimum atomic E-state index is -0.708. The molecule has 0 aliphatic carbocycles. The summed E-state index contributed by atoms with van der Waals surface area (Å²) in [6.45, 7) is 17.1. The van der Waals surface area contributed by atoms with E-state index in [1.54, 1.807) is 13.8 Å². The van der Waals surface area contributed by atoms with Gasteiger partial charge in [-0.15, -0.1) is 0 Å². The lowest BCUT2D eigenvalue weighted by Crippen LogP contribution is -3.00. The van der Waals surface area contributed by atoms with Crippen LogP contribution in [0.5, 0.6) is 0 Å². The number of rotatable bonds is 18. The van der Waals surface area contributed by atoms with Crippen molar-refractivity contribution < 1.29 is 39.8 Å². The topological polar surface area (TPSA) is 121 Å². The quantitative estimate of drug-likeness (QED) is 0.147. The largest absolute Gasteiger partial charge is 1.00 e. The van der Waals surface area contributed by atoms with Gasteiger partial charge in [-0.05, 0) is 25.7 Å². The molecule has 0 spiro atoms. The van der Waals surface area contributed by atoms with Crippen LogP contribution in [0.25, 0.3) is 0 Å². The molecule has 6 N–H and O–H groups in total. The van der Waals surface area contributed by atoms with Gasteiger partial charge in [-0.3, -0.25) is 0 Å². The molecular formula is C26H60FNO6. The van der Waals surface area contributed by atoms with Crippen LogP contribution in [0, 0.1) is 10.8 Å². The van der Waals surface area contributed by atoms with Gasteiger partial charge >= 0.3 is 0 Å². The first kappa shape index (κ1) is 40.8. The summed E-state index contributed by atoms with van der Waals surface area (Å²) in [7, 11) is 0. The molecule has 0 saturated heterocycles. The van der Waals surface area contributed by atoms with Crippen LogP contribution in [0.2, 0.25) is 0 Å². The number of hydrogen-bond donors (Lipinski definition) is 6. The molecule has 0 bridgehead atoms. The highest BCUT2D eigenvalue weighted by atomic mass is 19.0. The van der Waals surface area contributed by atoms with E-state index in [4.69, 9.17) is 30.6 Å². The maximum atomic E-state index is 8.47. The second kappa shape index (κ2) is 25.7. The molecule has 0 rings (SSSR count). The highest BCUT2D eigenvalue weighted by Crippen LogP contribution is 2.16. The third-order valence-corrected chi connectivity index (χ3v) is 6.23. The maximum absolute atomic E-state index is 8.47. The van der Waals surface area contributed by atoms with E-state index in [0.717, 1.165) is 0 Å². The molecule has 212 valence electrons. The summed E-state index contributed by atoms with van der Waals surface area (Å²) < 4.78 is 1.42. The third kappa shape index (κ3) is 21.0. The van der Waals surface area contributed by atoms with Gasteiger partial charge < -0.3 is 39.8 Å². The van der Waals surface area contributed by atoms with E-state index >= 15 is 0 Å². The van der Waals surface area contributed by atoms with Gasteiger partial charge in [-0.2, -0.15) is 0 Å². The minimum absolute atomic E-state index is 0. The van der Waals surface area contributed by atoms with Gasteiger partial charge in [0.1, 0.15) is 0 Å². The minimum Gasteiger partial charge on any atom is -1.00 e. The van der Waals surface area contributed by atoms with Crippen molar-refractivity contribution in [2.45, 2.75) is 92.9 Å². The van der Waals surface area contributed by atoms with Crippen molar-refractivity contribution in [2.24, 2.45) is 10.8 Å². The van der Waals surface area contributed by atoms with Gasteiger partial charge in [-0.1, -0.05) is 67.2 Å². The molecule has 0 aromatic carbocycles. The van der Waals surface area contributed by atoms with Crippen molar-refractivity contribution in [1.82, 2.24) is 0 Å². The lowest BCUT2D eigenvalue weighted by atomic mass is 9.95. The van der Waals surface area contributed by atoms with Crippen LogP contribution < -0.4 is 4.70 Å². The summed E-state index contributed by atoms with van der Waals surface area (Å²) in [5, 5.41) is 50.8. The molecule has 0 amide bonds. The van der Waals surface area contributed by atoms with Gasteiger partial charge in [-0.25, -0.2) is 0 Å². The molecule has 0 aliphatic rings. The van der Waals surface area contributed by atoms with Crippen molar-refractivity contribution in [3.8, 4) is 0 Å². The number of nitrogens with zero attached hydrogens (tertiary/aromatic N) is 1. The summed E-state index contributed by atoms with van der Waals surface area (Å²) in [6.07, 6.45) is 11.1. The number of unbranched alkanes of at least 4 members (excludes halogenated alkanes) is 4. The van der Waals surface area contributed by atoms with E-state index in [1.165, 1.54) is 82.0 Å². The summed E-state index contributed by atoms with van der Waals surface area (Å²) >= 11 is 0. The number of quaternary nitrogens is 1. The standard InChI is InChI=1S/C16H36N.2C5H12O3.FH/c1-5-9-13-17(14-10-6-2,15-11-7-3)16-12-8-4;2*1-5(2-6,3-7)4-8;/h5-16H2,1-4H3;2*6-8H,2-4H2,1H3;1H/q+1;;;/p-1. The van der Waals surface area contributed by atoms with Crippen LogP contribution in [-0.4, -0.2) is 101 Å². The van der Waals surface area contributed by atoms with E-state index in [9.17, 15) is 0 Å². The lowest BCUT2D eigenvalue weighted by Gasteiger charge is -2.39. The first-order valence-corrected chi connectivity index (χ1v) is 13.1. The Hall–Kier alpha value is -0.350. The Bertz CT molecular complexity index is 321. The van der Waals surface area contributed by atoms with E-state index < -0.39 is 10.8 Å². The molecule has 0 atom stereocenters. The van der Waals surface area contributed by atoms with Crippen molar-refractivity contribution in [3.05, 3.63) is 0 Å². The lowest BCUT2D eigenvalue weighted by molar-refractivity contribution is -0.929. The fraction of sp³-hybridized carbons (Fsp3) is 1.00. The summed E-state index contributed by atoms with van der Waals surface area (Å²) in [5.41, 5.74) is -1.42. The van der Waals surface area contributed by atoms with Crippen molar-refractivity contribution in [2.75, 3.05) is 65.8 Å². The molecule has 0 unspecified atom stereocenters. The Morgan fingerprint density at radius 1 is 0.441 bits per heavy atom. The van der Waals surface area contributed by atoms with Gasteiger partial charge in [0.05, 0.1) is 65.8 Å². The van der Waals surface area contributed by atoms with Crippen molar-refractivity contribution in [3.63, 3.8) is 0 Å². The molecule has 0 saturated carbocycles. The Kier molecular flexibility index (Phi) is 30.9. The van der Waals surface area contributed by atoms with Crippen LogP contribution in [-0.2, 0) is 0 Å². The zero-order valence-corrected chi connectivity index (χ0v) is 23.2. The molecule has 7 nitrogen and oxygen atoms in total. The van der Waals surface area contributed by atoms with E-state index in [2.05, 4.69) is 27.7 Å². The predicted octanol–water partition coefficient (Wildman–Crippen LogP) is -0.0532. The summed E-state index contributed by atoms with van der Waals surface area (Å²) in [6, 6.07) is 0. The molecule has 0 aliphatic heterocycles. The normalized spacial score (nSPS) is 11.6. The van der Waals surface area contributed by atoms with Gasteiger partial charge in [0.15, 0.2) is 0 Å². The SMILES string of the molecule is CC(CO)(CO)CO.CC(CO)(CO)CO.CCCC[N+](CCCC)(CCCC)CCCC.[F-]. The summed E-state index contributed by atoms with van der Waals surface area (Å²) in [4.78, 5) is 0. The number of hydrogen-bond acceptors (Lipinski definition) is 6. The van der Waals surface area contributed by atoms with E-state index in [1.807, 2.05) is 0 Å².